The molecule has 0 bridgehead atoms. The average Bonchev–Trinajstić information content (AvgIpc) is 2.59. The molecular weight excluding hydrogens is 340 g/mol. The Kier molecular flexibility index (Phi) is 10.8. The summed E-state index contributed by atoms with van der Waals surface area (Å²) in [6, 6.07) is 6.34. The van der Waals surface area contributed by atoms with E-state index in [1.54, 1.807) is 12.1 Å². The van der Waals surface area contributed by atoms with Gasteiger partial charge in [0.25, 0.3) is 0 Å². The van der Waals surface area contributed by atoms with Crippen molar-refractivity contribution < 1.29 is 24.0 Å². The normalized spacial score (nSPS) is 12.0. The molecule has 1 aromatic carbocycles. The van der Waals surface area contributed by atoms with Crippen LogP contribution in [-0.4, -0.2) is 32.1 Å². The molecular formula is C19H28O5S. The summed E-state index contributed by atoms with van der Waals surface area (Å²) in [7, 11) is -1.14. The van der Waals surface area contributed by atoms with E-state index in [0.29, 0.717) is 10.6 Å². The molecule has 0 saturated carbocycles. The first-order chi connectivity index (χ1) is 12.0. The second kappa shape index (κ2) is 12.6. The fraction of sp³-hybridized carbons (Fsp3) is 0.579. The third kappa shape index (κ3) is 10.0. The third-order valence-electron chi connectivity index (χ3n) is 4.06. The first-order valence-electron chi connectivity index (χ1n) is 8.94. The maximum absolute atomic E-state index is 12.2. The number of aromatic carboxylic acids is 1. The van der Waals surface area contributed by atoms with Crippen molar-refractivity contribution in [2.45, 2.75) is 69.1 Å². The van der Waals surface area contributed by atoms with Crippen LogP contribution in [0.2, 0.25) is 0 Å². The van der Waals surface area contributed by atoms with E-state index >= 15 is 0 Å². The molecule has 0 aliphatic heterocycles. The first kappa shape index (κ1) is 21.4. The predicted molar refractivity (Wildman–Crippen MR) is 98.5 cm³/mol. The molecule has 0 saturated heterocycles. The largest absolute Gasteiger partial charge is 0.481 e. The molecule has 1 atom stereocenters. The Labute approximate surface area is 151 Å². The summed E-state index contributed by atoms with van der Waals surface area (Å²) in [5.41, 5.74) is 0.175. The van der Waals surface area contributed by atoms with Crippen LogP contribution in [0.25, 0.3) is 0 Å². The highest BCUT2D eigenvalue weighted by Crippen LogP contribution is 2.14. The molecule has 25 heavy (non-hydrogen) atoms. The smallest absolute Gasteiger partial charge is 0.335 e. The lowest BCUT2D eigenvalue weighted by Crippen LogP contribution is -2.01. The van der Waals surface area contributed by atoms with E-state index in [9.17, 15) is 13.8 Å². The van der Waals surface area contributed by atoms with Gasteiger partial charge in [0, 0.05) is 17.1 Å². The Hall–Kier alpha value is -1.69. The molecule has 1 unspecified atom stereocenters. The summed E-state index contributed by atoms with van der Waals surface area (Å²) in [5, 5.41) is 17.5. The highest BCUT2D eigenvalue weighted by molar-refractivity contribution is 7.85. The zero-order chi connectivity index (χ0) is 18.5. The number of rotatable bonds is 14. The van der Waals surface area contributed by atoms with Crippen LogP contribution in [0.3, 0.4) is 0 Å². The number of unbranched alkanes of at least 4 members (excludes halogenated alkanes) is 8. The third-order valence-corrected chi connectivity index (χ3v) is 5.50. The van der Waals surface area contributed by atoms with Gasteiger partial charge in [0.05, 0.1) is 16.4 Å². The minimum atomic E-state index is -1.14. The molecule has 0 aromatic heterocycles. The lowest BCUT2D eigenvalue weighted by Gasteiger charge is -2.04. The zero-order valence-electron chi connectivity index (χ0n) is 14.6. The van der Waals surface area contributed by atoms with E-state index in [2.05, 4.69) is 0 Å². The lowest BCUT2D eigenvalue weighted by molar-refractivity contribution is -0.137. The Morgan fingerprint density at radius 1 is 0.840 bits per heavy atom. The van der Waals surface area contributed by atoms with Gasteiger partial charge in [-0.3, -0.25) is 9.00 Å². The van der Waals surface area contributed by atoms with Crippen LogP contribution >= 0.6 is 0 Å². The molecule has 1 aromatic rings. The van der Waals surface area contributed by atoms with Gasteiger partial charge in [-0.1, -0.05) is 51.0 Å². The van der Waals surface area contributed by atoms with Crippen molar-refractivity contribution in [2.24, 2.45) is 0 Å². The Morgan fingerprint density at radius 3 is 1.96 bits per heavy atom. The fourth-order valence-corrected chi connectivity index (χ4v) is 3.83. The number of carboxylic acids is 2. The van der Waals surface area contributed by atoms with Crippen LogP contribution in [0.1, 0.15) is 74.6 Å². The van der Waals surface area contributed by atoms with Crippen LogP contribution in [0.4, 0.5) is 0 Å². The van der Waals surface area contributed by atoms with Crippen LogP contribution in [0.5, 0.6) is 0 Å². The van der Waals surface area contributed by atoms with Gasteiger partial charge in [0.2, 0.25) is 0 Å². The van der Waals surface area contributed by atoms with Gasteiger partial charge < -0.3 is 10.2 Å². The van der Waals surface area contributed by atoms with Crippen molar-refractivity contribution in [3.8, 4) is 0 Å². The second-order valence-corrected chi connectivity index (χ2v) is 7.78. The molecule has 0 fully saturated rings. The zero-order valence-corrected chi connectivity index (χ0v) is 15.4. The Morgan fingerprint density at radius 2 is 1.40 bits per heavy atom. The molecule has 5 nitrogen and oxygen atoms in total. The highest BCUT2D eigenvalue weighted by atomic mass is 32.2. The number of hydrogen-bond donors (Lipinski definition) is 2. The summed E-state index contributed by atoms with van der Waals surface area (Å²) < 4.78 is 12.2. The van der Waals surface area contributed by atoms with Gasteiger partial charge in [-0.15, -0.1) is 0 Å². The van der Waals surface area contributed by atoms with Gasteiger partial charge in [0.15, 0.2) is 0 Å². The Bertz CT molecular complexity index is 571. The molecule has 0 aliphatic rings. The van der Waals surface area contributed by atoms with E-state index in [0.717, 1.165) is 57.8 Å². The highest BCUT2D eigenvalue weighted by Gasteiger charge is 2.08. The topological polar surface area (TPSA) is 91.7 Å². The fourth-order valence-electron chi connectivity index (χ4n) is 2.64. The predicted octanol–water partition coefficient (Wildman–Crippen LogP) is 4.48. The van der Waals surface area contributed by atoms with Gasteiger partial charge in [0.1, 0.15) is 0 Å². The van der Waals surface area contributed by atoms with Crippen molar-refractivity contribution in [3.05, 3.63) is 29.8 Å². The van der Waals surface area contributed by atoms with Crippen LogP contribution in [0.15, 0.2) is 29.2 Å². The summed E-state index contributed by atoms with van der Waals surface area (Å²) >= 11 is 0. The second-order valence-electron chi connectivity index (χ2n) is 6.21. The van der Waals surface area contributed by atoms with Crippen molar-refractivity contribution >= 4 is 22.7 Å². The standard InChI is InChI=1S/C19H28O5S/c20-18(21)13-8-6-4-2-1-3-5-7-9-14-25(24)17-12-10-11-16(15-17)19(22)23/h10-12,15H,1-9,13-14H2,(H,20,21)(H,22,23). The number of hydrogen-bond acceptors (Lipinski definition) is 3. The van der Waals surface area contributed by atoms with Crippen molar-refractivity contribution in [3.63, 3.8) is 0 Å². The van der Waals surface area contributed by atoms with Crippen molar-refractivity contribution in [2.75, 3.05) is 5.75 Å². The van der Waals surface area contributed by atoms with Gasteiger partial charge in [-0.05, 0) is 31.0 Å². The van der Waals surface area contributed by atoms with E-state index in [1.165, 1.54) is 12.1 Å². The SMILES string of the molecule is O=C(O)CCCCCCCCCCCS(=O)c1cccc(C(=O)O)c1. The maximum atomic E-state index is 12.2. The molecule has 0 radical (unpaired) electrons. The van der Waals surface area contributed by atoms with E-state index in [-0.39, 0.29) is 12.0 Å². The summed E-state index contributed by atoms with van der Waals surface area (Å²) in [6.45, 7) is 0. The molecule has 6 heteroatoms. The number of benzene rings is 1. The number of carbonyl (C=O) groups is 2. The van der Waals surface area contributed by atoms with Crippen LogP contribution in [-0.2, 0) is 15.6 Å². The molecule has 1 rings (SSSR count). The van der Waals surface area contributed by atoms with Gasteiger partial charge >= 0.3 is 11.9 Å². The first-order valence-corrected chi connectivity index (χ1v) is 10.3. The number of aliphatic carboxylic acids is 1. The number of carboxylic acid groups (broad SMARTS) is 2. The van der Waals surface area contributed by atoms with E-state index in [1.807, 2.05) is 0 Å². The van der Waals surface area contributed by atoms with Gasteiger partial charge in [-0.25, -0.2) is 4.79 Å². The average molecular weight is 368 g/mol. The summed E-state index contributed by atoms with van der Waals surface area (Å²) in [5.74, 6) is -1.15. The van der Waals surface area contributed by atoms with E-state index in [4.69, 9.17) is 10.2 Å². The molecule has 0 amide bonds. The summed E-state index contributed by atoms with van der Waals surface area (Å²) in [4.78, 5) is 21.9. The lowest BCUT2D eigenvalue weighted by atomic mass is 10.1. The quantitative estimate of drug-likeness (QED) is 0.472. The van der Waals surface area contributed by atoms with Crippen molar-refractivity contribution in [1.29, 1.82) is 0 Å². The monoisotopic (exact) mass is 368 g/mol. The molecule has 2 N–H and O–H groups in total. The maximum Gasteiger partial charge on any atom is 0.335 e. The minimum Gasteiger partial charge on any atom is -0.481 e. The Balaban J connectivity index is 2.04. The molecule has 140 valence electrons. The van der Waals surface area contributed by atoms with Crippen LogP contribution < -0.4 is 0 Å². The van der Waals surface area contributed by atoms with Crippen LogP contribution in [0, 0.1) is 0 Å². The minimum absolute atomic E-state index is 0.175. The van der Waals surface area contributed by atoms with Gasteiger partial charge in [-0.2, -0.15) is 0 Å². The molecule has 0 aliphatic carbocycles. The molecule has 0 spiro atoms. The molecule has 0 heterocycles. The van der Waals surface area contributed by atoms with Crippen molar-refractivity contribution in [1.82, 2.24) is 0 Å². The summed E-state index contributed by atoms with van der Waals surface area (Å²) in [6.07, 6.45) is 9.60. The van der Waals surface area contributed by atoms with E-state index < -0.39 is 22.7 Å².